The zero-order chi connectivity index (χ0) is 28.6. The van der Waals surface area contributed by atoms with Crippen LogP contribution in [0.5, 0.6) is 0 Å². The minimum Gasteiger partial charge on any atom is -0.364 e. The molecule has 0 radical (unpaired) electrons. The van der Waals surface area contributed by atoms with E-state index in [4.69, 9.17) is 4.52 Å². The Balaban J connectivity index is 1.58. The summed E-state index contributed by atoms with van der Waals surface area (Å²) in [6, 6.07) is 6.99. The van der Waals surface area contributed by atoms with E-state index in [1.807, 2.05) is 6.92 Å². The third-order valence-electron chi connectivity index (χ3n) is 7.86. The lowest BCUT2D eigenvalue weighted by atomic mass is 9.79. The first-order chi connectivity index (χ1) is 19.2. The Morgan fingerprint density at radius 1 is 1.15 bits per heavy atom. The van der Waals surface area contributed by atoms with Crippen LogP contribution in [0.15, 0.2) is 41.1 Å². The topological polar surface area (TPSA) is 104 Å². The summed E-state index contributed by atoms with van der Waals surface area (Å²) in [6.45, 7) is 4.08. The van der Waals surface area contributed by atoms with Gasteiger partial charge < -0.3 is 19.7 Å². The van der Waals surface area contributed by atoms with Crippen LogP contribution in [-0.4, -0.2) is 45.9 Å². The first-order valence-corrected chi connectivity index (χ1v) is 13.6. The molecule has 1 aliphatic rings. The van der Waals surface area contributed by atoms with Crippen LogP contribution in [0.4, 0.5) is 8.78 Å². The highest BCUT2D eigenvalue weighted by atomic mass is 19.1. The molecule has 2 aromatic carbocycles. The Labute approximate surface area is 231 Å². The predicted octanol–water partition coefficient (Wildman–Crippen LogP) is 6.06. The predicted molar refractivity (Wildman–Crippen MR) is 147 cm³/mol. The number of hydrogen-bond acceptors (Lipinski definition) is 5. The number of carbonyl (C=O) groups is 2. The van der Waals surface area contributed by atoms with Gasteiger partial charge in [-0.1, -0.05) is 50.0 Å². The molecule has 1 aliphatic carbocycles. The van der Waals surface area contributed by atoms with E-state index in [2.05, 4.69) is 27.4 Å². The number of benzene rings is 2. The maximum Gasteiger partial charge on any atom is 0.257 e. The number of amides is 2. The highest BCUT2D eigenvalue weighted by Gasteiger charge is 2.33. The molecule has 0 aliphatic heterocycles. The van der Waals surface area contributed by atoms with Crippen LogP contribution < -0.4 is 5.32 Å². The fourth-order valence-electron chi connectivity index (χ4n) is 5.57. The van der Waals surface area contributed by atoms with Gasteiger partial charge in [0.1, 0.15) is 29.0 Å². The number of halogens is 2. The molecule has 0 spiro atoms. The van der Waals surface area contributed by atoms with Gasteiger partial charge in [-0.3, -0.25) is 9.59 Å². The number of carbonyl (C=O) groups excluding carboxylic acids is 2. The summed E-state index contributed by atoms with van der Waals surface area (Å²) in [4.78, 5) is 35.1. The molecule has 10 heteroatoms. The zero-order valence-corrected chi connectivity index (χ0v) is 23.1. The van der Waals surface area contributed by atoms with Gasteiger partial charge >= 0.3 is 0 Å². The molecular weight excluding hydrogens is 516 g/mol. The lowest BCUT2D eigenvalue weighted by Crippen LogP contribution is -2.36. The number of imidazole rings is 1. The van der Waals surface area contributed by atoms with E-state index in [-0.39, 0.29) is 45.5 Å². The van der Waals surface area contributed by atoms with E-state index in [1.54, 1.807) is 32.3 Å². The Kier molecular flexibility index (Phi) is 7.69. The molecule has 2 heterocycles. The number of aryl methyl sites for hydroxylation is 1. The zero-order valence-electron chi connectivity index (χ0n) is 23.1. The SMILES string of the molecule is CCc1nocc1C(=O)N[C@H](c1nc2c(F)c(-c3ccccc3C(=O)N(C)C)c(F)cc2[nH]1)C1CCC(C)CC1. The standard InChI is InChI=1S/C30H33F2N5O3/c1-5-22-20(15-40-36-22)29(38)35-26(17-12-10-16(2)11-13-17)28-33-23-14-21(31)24(25(32)27(23)34-28)18-8-6-7-9-19(18)30(39)37(3)4/h6-9,14-17,26H,5,10-13H2,1-4H3,(H,33,34)(H,35,38)/t16?,17?,26-/m0/s1. The summed E-state index contributed by atoms with van der Waals surface area (Å²) in [5.74, 6) is -1.43. The Hall–Kier alpha value is -4.08. The van der Waals surface area contributed by atoms with E-state index < -0.39 is 17.7 Å². The number of nitrogens with one attached hydrogen (secondary N) is 2. The van der Waals surface area contributed by atoms with Gasteiger partial charge in [-0.2, -0.15) is 0 Å². The Morgan fingerprint density at radius 2 is 1.88 bits per heavy atom. The second-order valence-electron chi connectivity index (χ2n) is 10.8. The molecule has 1 fully saturated rings. The lowest BCUT2D eigenvalue weighted by Gasteiger charge is -2.32. The van der Waals surface area contributed by atoms with E-state index >= 15 is 8.78 Å². The fourth-order valence-corrected chi connectivity index (χ4v) is 5.57. The molecule has 0 unspecified atom stereocenters. The molecule has 210 valence electrons. The van der Waals surface area contributed by atoms with E-state index in [9.17, 15) is 9.59 Å². The summed E-state index contributed by atoms with van der Waals surface area (Å²) >= 11 is 0. The molecular formula is C30H33F2N5O3. The van der Waals surface area contributed by atoms with Gasteiger partial charge in [0.05, 0.1) is 22.8 Å². The third kappa shape index (κ3) is 5.10. The number of hydrogen-bond donors (Lipinski definition) is 2. The fraction of sp³-hybridized carbons (Fsp3) is 0.400. The van der Waals surface area contributed by atoms with E-state index in [0.29, 0.717) is 29.4 Å². The monoisotopic (exact) mass is 549 g/mol. The van der Waals surface area contributed by atoms with Crippen LogP contribution in [0.25, 0.3) is 22.2 Å². The third-order valence-corrected chi connectivity index (χ3v) is 7.86. The number of fused-ring (bicyclic) bond motifs is 1. The minimum absolute atomic E-state index is 0.0523. The average molecular weight is 550 g/mol. The molecule has 1 atom stereocenters. The first kappa shape index (κ1) is 27.5. The van der Waals surface area contributed by atoms with Gasteiger partial charge in [-0.15, -0.1) is 0 Å². The minimum atomic E-state index is -0.869. The van der Waals surface area contributed by atoms with Crippen LogP contribution in [0.3, 0.4) is 0 Å². The molecule has 0 bridgehead atoms. The summed E-state index contributed by atoms with van der Waals surface area (Å²) < 4.78 is 36.6. The number of H-pyrrole nitrogens is 1. The van der Waals surface area contributed by atoms with Crippen molar-refractivity contribution in [3.8, 4) is 11.1 Å². The molecule has 0 saturated heterocycles. The van der Waals surface area contributed by atoms with Crippen molar-refractivity contribution in [2.45, 2.75) is 52.0 Å². The Morgan fingerprint density at radius 3 is 2.58 bits per heavy atom. The largest absolute Gasteiger partial charge is 0.364 e. The van der Waals surface area contributed by atoms with Crippen LogP contribution in [0.1, 0.15) is 77.8 Å². The van der Waals surface area contributed by atoms with Crippen LogP contribution in [0.2, 0.25) is 0 Å². The van der Waals surface area contributed by atoms with Gasteiger partial charge in [0.25, 0.3) is 11.8 Å². The highest BCUT2D eigenvalue weighted by molar-refractivity contribution is 6.01. The molecule has 5 rings (SSSR count). The molecule has 4 aromatic rings. The molecule has 2 amide bonds. The van der Waals surface area contributed by atoms with Crippen molar-refractivity contribution in [2.24, 2.45) is 11.8 Å². The van der Waals surface area contributed by atoms with Gasteiger partial charge in [-0.05, 0) is 37.2 Å². The maximum absolute atomic E-state index is 16.1. The van der Waals surface area contributed by atoms with Crippen molar-refractivity contribution in [2.75, 3.05) is 14.1 Å². The van der Waals surface area contributed by atoms with E-state index in [0.717, 1.165) is 25.7 Å². The summed E-state index contributed by atoms with van der Waals surface area (Å²) in [5, 5.41) is 6.98. The van der Waals surface area contributed by atoms with Gasteiger partial charge in [-0.25, -0.2) is 13.8 Å². The van der Waals surface area contributed by atoms with Crippen LogP contribution >= 0.6 is 0 Å². The molecule has 1 saturated carbocycles. The molecule has 2 N–H and O–H groups in total. The second-order valence-corrected chi connectivity index (χ2v) is 10.8. The number of aromatic nitrogens is 3. The van der Waals surface area contributed by atoms with Crippen molar-refractivity contribution in [1.29, 1.82) is 0 Å². The second kappa shape index (κ2) is 11.2. The normalized spacial score (nSPS) is 18.1. The van der Waals surface area contributed by atoms with Crippen LogP contribution in [-0.2, 0) is 6.42 Å². The summed E-state index contributed by atoms with van der Waals surface area (Å²) in [6.07, 6.45) is 5.55. The maximum atomic E-state index is 16.1. The first-order valence-electron chi connectivity index (χ1n) is 13.6. The Bertz CT molecular complexity index is 1550. The van der Waals surface area contributed by atoms with Crippen molar-refractivity contribution < 1.29 is 22.9 Å². The van der Waals surface area contributed by atoms with Crippen molar-refractivity contribution in [1.82, 2.24) is 25.3 Å². The smallest absolute Gasteiger partial charge is 0.257 e. The van der Waals surface area contributed by atoms with Gasteiger partial charge in [0.15, 0.2) is 5.82 Å². The molecule has 2 aromatic heterocycles. The lowest BCUT2D eigenvalue weighted by molar-refractivity contribution is 0.0827. The van der Waals surface area contributed by atoms with Crippen molar-refractivity contribution in [3.63, 3.8) is 0 Å². The van der Waals surface area contributed by atoms with Gasteiger partial charge in [0, 0.05) is 31.3 Å². The molecule has 8 nitrogen and oxygen atoms in total. The number of nitrogens with zero attached hydrogens (tertiary/aromatic N) is 3. The average Bonchev–Trinajstić information content (AvgIpc) is 3.59. The quantitative estimate of drug-likeness (QED) is 0.292. The van der Waals surface area contributed by atoms with Crippen molar-refractivity contribution in [3.05, 3.63) is 70.9 Å². The number of aromatic amines is 1. The van der Waals surface area contributed by atoms with E-state index in [1.165, 1.54) is 23.3 Å². The highest BCUT2D eigenvalue weighted by Crippen LogP contribution is 2.38. The molecule has 40 heavy (non-hydrogen) atoms. The van der Waals surface area contributed by atoms with Gasteiger partial charge in [0.2, 0.25) is 0 Å². The summed E-state index contributed by atoms with van der Waals surface area (Å²) in [5.41, 5.74) is 1.02. The summed E-state index contributed by atoms with van der Waals surface area (Å²) in [7, 11) is 3.16. The number of rotatable bonds is 7. The van der Waals surface area contributed by atoms with Crippen molar-refractivity contribution >= 4 is 22.8 Å². The van der Waals surface area contributed by atoms with Crippen LogP contribution in [0, 0.1) is 23.5 Å².